The minimum Gasteiger partial charge on any atom is -0.468 e. The first kappa shape index (κ1) is 13.1. The minimum absolute atomic E-state index is 0.0864. The molecule has 0 aliphatic heterocycles. The van der Waals surface area contributed by atoms with E-state index in [0.717, 1.165) is 18.4 Å². The van der Waals surface area contributed by atoms with Gasteiger partial charge in [-0.2, -0.15) is 0 Å². The second kappa shape index (κ2) is 4.11. The highest BCUT2D eigenvalue weighted by Gasteiger charge is 2.53. The highest BCUT2D eigenvalue weighted by Crippen LogP contribution is 2.50. The Morgan fingerprint density at radius 3 is 2.33 bits per heavy atom. The lowest BCUT2D eigenvalue weighted by atomic mass is 9.82. The van der Waals surface area contributed by atoms with Gasteiger partial charge in [-0.3, -0.25) is 4.79 Å². The fourth-order valence-corrected chi connectivity index (χ4v) is 2.51. The highest BCUT2D eigenvalue weighted by atomic mass is 16.5. The number of ether oxygens (including phenoxy) is 1. The van der Waals surface area contributed by atoms with Crippen LogP contribution in [0.1, 0.15) is 50.3 Å². The van der Waals surface area contributed by atoms with Gasteiger partial charge in [-0.25, -0.2) is 0 Å². The number of hydrogen-bond donors (Lipinski definition) is 0. The van der Waals surface area contributed by atoms with E-state index in [4.69, 9.17) is 4.74 Å². The van der Waals surface area contributed by atoms with Gasteiger partial charge < -0.3 is 4.74 Å². The smallest absolute Gasteiger partial charge is 0.316 e. The van der Waals surface area contributed by atoms with Gasteiger partial charge in [0.05, 0.1) is 12.5 Å². The Kier molecular flexibility index (Phi) is 3.00. The third-order valence-corrected chi connectivity index (χ3v) is 3.95. The van der Waals surface area contributed by atoms with E-state index >= 15 is 0 Å². The average molecular weight is 246 g/mol. The number of hydrogen-bond acceptors (Lipinski definition) is 2. The fourth-order valence-electron chi connectivity index (χ4n) is 2.51. The summed E-state index contributed by atoms with van der Waals surface area (Å²) < 4.78 is 4.97. The molecule has 0 saturated heterocycles. The van der Waals surface area contributed by atoms with Crippen LogP contribution in [0.4, 0.5) is 0 Å². The van der Waals surface area contributed by atoms with Gasteiger partial charge in [-0.1, -0.05) is 39.0 Å². The second-order valence-corrected chi connectivity index (χ2v) is 6.35. The SMILES string of the molecule is COC(=O)C1(c2cc(C(C)(C)C)ccc2C)CC1. The first-order valence-electron chi connectivity index (χ1n) is 6.51. The minimum atomic E-state index is -0.361. The zero-order valence-corrected chi connectivity index (χ0v) is 12.0. The predicted octanol–water partition coefficient (Wildman–Crippen LogP) is 3.50. The van der Waals surface area contributed by atoms with Crippen LogP contribution in [-0.4, -0.2) is 13.1 Å². The summed E-state index contributed by atoms with van der Waals surface area (Å²) in [5.74, 6) is -0.0864. The lowest BCUT2D eigenvalue weighted by Crippen LogP contribution is -2.24. The number of carbonyl (C=O) groups excluding carboxylic acids is 1. The van der Waals surface area contributed by atoms with E-state index in [-0.39, 0.29) is 16.8 Å². The van der Waals surface area contributed by atoms with Crippen LogP contribution in [0.3, 0.4) is 0 Å². The maximum Gasteiger partial charge on any atom is 0.316 e. The molecule has 1 aliphatic rings. The fraction of sp³-hybridized carbons (Fsp3) is 0.562. The number of aryl methyl sites for hydroxylation is 1. The molecule has 0 spiro atoms. The molecule has 1 aliphatic carbocycles. The molecular formula is C16H22O2. The van der Waals surface area contributed by atoms with Crippen LogP contribution in [0, 0.1) is 6.92 Å². The summed E-state index contributed by atoms with van der Waals surface area (Å²) in [7, 11) is 1.48. The molecule has 1 saturated carbocycles. The Morgan fingerprint density at radius 1 is 1.28 bits per heavy atom. The van der Waals surface area contributed by atoms with Gasteiger partial charge in [-0.15, -0.1) is 0 Å². The molecule has 0 bridgehead atoms. The topological polar surface area (TPSA) is 26.3 Å². The molecule has 18 heavy (non-hydrogen) atoms. The average Bonchev–Trinajstić information content (AvgIpc) is 3.08. The van der Waals surface area contributed by atoms with Crippen LogP contribution >= 0.6 is 0 Å². The highest BCUT2D eigenvalue weighted by molar-refractivity contribution is 5.87. The standard InChI is InChI=1S/C16H22O2/c1-11-6-7-12(15(2,3)4)10-13(11)16(8-9-16)14(17)18-5/h6-7,10H,8-9H2,1-5H3. The summed E-state index contributed by atoms with van der Waals surface area (Å²) in [6.07, 6.45) is 1.82. The third-order valence-electron chi connectivity index (χ3n) is 3.95. The van der Waals surface area contributed by atoms with Gasteiger partial charge in [0.2, 0.25) is 0 Å². The summed E-state index contributed by atoms with van der Waals surface area (Å²) in [6, 6.07) is 6.48. The van der Waals surface area contributed by atoms with Crippen LogP contribution in [0.25, 0.3) is 0 Å². The number of methoxy groups -OCH3 is 1. The molecule has 98 valence electrons. The van der Waals surface area contributed by atoms with Crippen LogP contribution in [-0.2, 0) is 20.4 Å². The first-order chi connectivity index (χ1) is 8.31. The summed E-state index contributed by atoms with van der Waals surface area (Å²) in [5.41, 5.74) is 3.36. The zero-order chi connectivity index (χ0) is 13.6. The van der Waals surface area contributed by atoms with E-state index in [1.165, 1.54) is 18.2 Å². The molecule has 2 nitrogen and oxygen atoms in total. The molecular weight excluding hydrogens is 224 g/mol. The van der Waals surface area contributed by atoms with Crippen molar-refractivity contribution in [3.8, 4) is 0 Å². The molecule has 2 heteroatoms. The summed E-state index contributed by atoms with van der Waals surface area (Å²) in [5, 5.41) is 0. The van der Waals surface area contributed by atoms with Gasteiger partial charge in [0.15, 0.2) is 0 Å². The molecule has 0 radical (unpaired) electrons. The molecule has 0 heterocycles. The van der Waals surface area contributed by atoms with Crippen LogP contribution in [0.5, 0.6) is 0 Å². The Balaban J connectivity index is 2.48. The van der Waals surface area contributed by atoms with E-state index in [1.54, 1.807) is 0 Å². The van der Waals surface area contributed by atoms with Crippen molar-refractivity contribution in [2.45, 2.75) is 51.4 Å². The maximum atomic E-state index is 12.0. The maximum absolute atomic E-state index is 12.0. The van der Waals surface area contributed by atoms with Crippen molar-refractivity contribution < 1.29 is 9.53 Å². The first-order valence-corrected chi connectivity index (χ1v) is 6.51. The molecule has 0 N–H and O–H groups in total. The van der Waals surface area contributed by atoms with Crippen LogP contribution in [0.2, 0.25) is 0 Å². The number of rotatable bonds is 2. The lowest BCUT2D eigenvalue weighted by molar-refractivity contribution is -0.143. The summed E-state index contributed by atoms with van der Waals surface area (Å²) in [4.78, 5) is 12.0. The van der Waals surface area contributed by atoms with Crippen molar-refractivity contribution in [2.75, 3.05) is 7.11 Å². The second-order valence-electron chi connectivity index (χ2n) is 6.35. The predicted molar refractivity (Wildman–Crippen MR) is 72.8 cm³/mol. The molecule has 1 aromatic rings. The quantitative estimate of drug-likeness (QED) is 0.747. The molecule has 0 atom stereocenters. The Bertz CT molecular complexity index is 476. The van der Waals surface area contributed by atoms with Gasteiger partial charge >= 0.3 is 5.97 Å². The van der Waals surface area contributed by atoms with Crippen molar-refractivity contribution in [2.24, 2.45) is 0 Å². The number of carbonyl (C=O) groups is 1. The van der Waals surface area contributed by atoms with Gasteiger partial charge in [0.1, 0.15) is 0 Å². The van der Waals surface area contributed by atoms with Gasteiger partial charge in [0, 0.05) is 0 Å². The zero-order valence-electron chi connectivity index (χ0n) is 12.0. The Morgan fingerprint density at radius 2 is 1.89 bits per heavy atom. The summed E-state index contributed by atoms with van der Waals surface area (Å²) in [6.45, 7) is 8.66. The number of benzene rings is 1. The largest absolute Gasteiger partial charge is 0.468 e. The van der Waals surface area contributed by atoms with E-state index < -0.39 is 0 Å². The summed E-state index contributed by atoms with van der Waals surface area (Å²) >= 11 is 0. The Labute approximate surface area is 109 Å². The van der Waals surface area contributed by atoms with Crippen molar-refractivity contribution >= 4 is 5.97 Å². The molecule has 0 unspecified atom stereocenters. The van der Waals surface area contributed by atoms with E-state index in [9.17, 15) is 4.79 Å². The van der Waals surface area contributed by atoms with Crippen molar-refractivity contribution in [3.05, 3.63) is 34.9 Å². The van der Waals surface area contributed by atoms with Crippen molar-refractivity contribution in [1.29, 1.82) is 0 Å². The molecule has 2 rings (SSSR count). The molecule has 1 aromatic carbocycles. The van der Waals surface area contributed by atoms with Crippen molar-refractivity contribution in [1.82, 2.24) is 0 Å². The Hall–Kier alpha value is -1.31. The molecule has 0 aromatic heterocycles. The van der Waals surface area contributed by atoms with Gasteiger partial charge in [-0.05, 0) is 41.9 Å². The van der Waals surface area contributed by atoms with Crippen LogP contribution < -0.4 is 0 Å². The van der Waals surface area contributed by atoms with Gasteiger partial charge in [0.25, 0.3) is 0 Å². The van der Waals surface area contributed by atoms with Crippen molar-refractivity contribution in [3.63, 3.8) is 0 Å². The van der Waals surface area contributed by atoms with E-state index in [0.29, 0.717) is 0 Å². The third kappa shape index (κ3) is 2.05. The normalized spacial score (nSPS) is 17.4. The number of esters is 1. The van der Waals surface area contributed by atoms with E-state index in [2.05, 4.69) is 45.9 Å². The van der Waals surface area contributed by atoms with Crippen LogP contribution in [0.15, 0.2) is 18.2 Å². The molecule has 0 amide bonds. The van der Waals surface area contributed by atoms with E-state index in [1.807, 2.05) is 0 Å². The lowest BCUT2D eigenvalue weighted by Gasteiger charge is -2.23. The monoisotopic (exact) mass is 246 g/mol. The molecule has 1 fully saturated rings.